The molecule has 0 saturated heterocycles. The third kappa shape index (κ3) is 10.4. The first-order valence-electron chi connectivity index (χ1n) is 5.91. The van der Waals surface area contributed by atoms with Gasteiger partial charge in [0.25, 0.3) is 0 Å². The monoisotopic (exact) mass is 260 g/mol. The molecular formula is C13H24O5. The summed E-state index contributed by atoms with van der Waals surface area (Å²) in [5.41, 5.74) is 2.11. The van der Waals surface area contributed by atoms with Crippen LogP contribution < -0.4 is 0 Å². The molecule has 0 fully saturated rings. The summed E-state index contributed by atoms with van der Waals surface area (Å²) in [6, 6.07) is 0. The Kier molecular flexibility index (Phi) is 9.82. The zero-order valence-electron chi connectivity index (χ0n) is 11.5. The molecule has 2 unspecified atom stereocenters. The molecule has 0 radical (unpaired) electrons. The van der Waals surface area contributed by atoms with E-state index in [0.717, 1.165) is 11.1 Å². The average Bonchev–Trinajstić information content (AvgIpc) is 2.29. The van der Waals surface area contributed by atoms with E-state index in [1.165, 1.54) is 0 Å². The zero-order chi connectivity index (χ0) is 14.0. The van der Waals surface area contributed by atoms with Gasteiger partial charge in [-0.1, -0.05) is 17.2 Å². The molecule has 0 bridgehead atoms. The second kappa shape index (κ2) is 10.2. The predicted octanol–water partition coefficient (Wildman–Crippen LogP) is 2.13. The lowest BCUT2D eigenvalue weighted by Gasteiger charge is -2.15. The quantitative estimate of drug-likeness (QED) is 0.218. The van der Waals surface area contributed by atoms with E-state index in [1.807, 2.05) is 33.8 Å². The van der Waals surface area contributed by atoms with Crippen molar-refractivity contribution in [2.45, 2.75) is 40.1 Å². The fourth-order valence-corrected chi connectivity index (χ4v) is 1.06. The Hall–Kier alpha value is -0.720. The smallest absolute Gasteiger partial charge is 0.210 e. The molecule has 2 atom stereocenters. The van der Waals surface area contributed by atoms with Crippen LogP contribution in [-0.2, 0) is 14.4 Å². The summed E-state index contributed by atoms with van der Waals surface area (Å²) in [7, 11) is 0. The van der Waals surface area contributed by atoms with Crippen molar-refractivity contribution in [3.05, 3.63) is 23.3 Å². The van der Waals surface area contributed by atoms with Crippen molar-refractivity contribution < 1.29 is 24.7 Å². The lowest BCUT2D eigenvalue weighted by atomic mass is 10.3. The summed E-state index contributed by atoms with van der Waals surface area (Å²) in [5, 5.41) is 18.1. The van der Waals surface area contributed by atoms with Crippen LogP contribution in [0.1, 0.15) is 27.7 Å². The van der Waals surface area contributed by atoms with Gasteiger partial charge in [0.15, 0.2) is 0 Å². The molecule has 5 heteroatoms. The average molecular weight is 260 g/mol. The van der Waals surface area contributed by atoms with Crippen molar-refractivity contribution in [1.29, 1.82) is 0 Å². The topological polar surface area (TPSA) is 68.2 Å². The van der Waals surface area contributed by atoms with Crippen molar-refractivity contribution in [2.75, 3.05) is 19.8 Å². The van der Waals surface area contributed by atoms with Gasteiger partial charge in [-0.3, -0.25) is 0 Å². The van der Waals surface area contributed by atoms with Gasteiger partial charge < -0.3 is 14.6 Å². The van der Waals surface area contributed by atoms with Gasteiger partial charge >= 0.3 is 0 Å². The fourth-order valence-electron chi connectivity index (χ4n) is 1.06. The van der Waals surface area contributed by atoms with Crippen LogP contribution in [-0.4, -0.2) is 42.6 Å². The second-order valence-electron chi connectivity index (χ2n) is 4.52. The van der Waals surface area contributed by atoms with E-state index in [9.17, 15) is 5.11 Å². The van der Waals surface area contributed by atoms with E-state index in [4.69, 9.17) is 14.7 Å². The minimum absolute atomic E-state index is 0.0316. The number of rotatable bonds is 9. The van der Waals surface area contributed by atoms with Crippen LogP contribution in [0.5, 0.6) is 0 Å². The maximum absolute atomic E-state index is 9.56. The maximum Gasteiger partial charge on any atom is 0.210 e. The molecule has 0 amide bonds. The van der Waals surface area contributed by atoms with Gasteiger partial charge in [-0.2, -0.15) is 0 Å². The Morgan fingerprint density at radius 2 is 1.78 bits per heavy atom. The van der Waals surface area contributed by atoms with Gasteiger partial charge in [0.05, 0.1) is 19.8 Å². The molecule has 0 aromatic carbocycles. The number of aliphatic hydroxyl groups is 1. The summed E-state index contributed by atoms with van der Waals surface area (Å²) in [6.45, 7) is 8.34. The third-order valence-electron chi connectivity index (χ3n) is 1.95. The molecule has 0 aliphatic rings. The van der Waals surface area contributed by atoms with Crippen LogP contribution in [0.3, 0.4) is 0 Å². The molecule has 0 aromatic rings. The van der Waals surface area contributed by atoms with Crippen molar-refractivity contribution in [2.24, 2.45) is 0 Å². The number of hydrogen-bond acceptors (Lipinski definition) is 5. The first-order valence-corrected chi connectivity index (χ1v) is 5.91. The van der Waals surface area contributed by atoms with Crippen LogP contribution in [0.2, 0.25) is 0 Å². The Bertz CT molecular complexity index is 265. The van der Waals surface area contributed by atoms with Gasteiger partial charge in [-0.15, -0.1) is 0 Å². The lowest BCUT2D eigenvalue weighted by molar-refractivity contribution is -0.332. The van der Waals surface area contributed by atoms with Gasteiger partial charge in [-0.25, -0.2) is 10.1 Å². The van der Waals surface area contributed by atoms with E-state index >= 15 is 0 Å². The normalized spacial score (nSPS) is 13.9. The molecule has 106 valence electrons. The highest BCUT2D eigenvalue weighted by Crippen LogP contribution is 2.02. The predicted molar refractivity (Wildman–Crippen MR) is 69.1 cm³/mol. The number of aliphatic hydroxyl groups excluding tert-OH is 1. The number of allylic oxidation sites excluding steroid dienone is 2. The van der Waals surface area contributed by atoms with E-state index in [0.29, 0.717) is 6.61 Å². The highest BCUT2D eigenvalue weighted by atomic mass is 17.1. The largest absolute Gasteiger partial charge is 0.388 e. The first kappa shape index (κ1) is 17.3. The number of hydrogen-bond donors (Lipinski definition) is 2. The Morgan fingerprint density at radius 1 is 1.11 bits per heavy atom. The van der Waals surface area contributed by atoms with Gasteiger partial charge in [-0.05, 0) is 33.8 Å². The van der Waals surface area contributed by atoms with E-state index in [1.54, 1.807) is 6.08 Å². The molecule has 0 saturated carbocycles. The molecule has 0 rings (SSSR count). The van der Waals surface area contributed by atoms with Gasteiger partial charge in [0.2, 0.25) is 6.29 Å². The molecule has 0 aliphatic heterocycles. The standard InChI is InChI=1S/C13H24O5/c1-10(2)5-6-16-8-12(14)9-17-13(18-15)7-11(3)4/h5,7,12-15H,6,8-9H2,1-4H3. The molecule has 0 spiro atoms. The molecule has 2 N–H and O–H groups in total. The molecule has 0 heterocycles. The van der Waals surface area contributed by atoms with E-state index in [2.05, 4.69) is 4.89 Å². The van der Waals surface area contributed by atoms with Gasteiger partial charge in [0.1, 0.15) is 6.10 Å². The second-order valence-corrected chi connectivity index (χ2v) is 4.52. The molecular weight excluding hydrogens is 236 g/mol. The first-order chi connectivity index (χ1) is 8.45. The maximum atomic E-state index is 9.56. The Labute approximate surface area is 109 Å². The SMILES string of the molecule is CC(C)=CCOCC(O)COC(C=C(C)C)OO. The third-order valence-corrected chi connectivity index (χ3v) is 1.95. The van der Waals surface area contributed by atoms with Crippen LogP contribution in [0, 0.1) is 0 Å². The van der Waals surface area contributed by atoms with Crippen molar-refractivity contribution in [3.63, 3.8) is 0 Å². The van der Waals surface area contributed by atoms with Crippen LogP contribution in [0.25, 0.3) is 0 Å². The summed E-state index contributed by atoms with van der Waals surface area (Å²) in [6.07, 6.45) is 1.92. The van der Waals surface area contributed by atoms with E-state index in [-0.39, 0.29) is 13.2 Å². The molecule has 0 aromatic heterocycles. The Morgan fingerprint density at radius 3 is 2.28 bits per heavy atom. The summed E-state index contributed by atoms with van der Waals surface area (Å²) in [4.78, 5) is 4.11. The number of ether oxygens (including phenoxy) is 2. The molecule has 5 nitrogen and oxygen atoms in total. The highest BCUT2D eigenvalue weighted by Gasteiger charge is 2.10. The Balaban J connectivity index is 3.78. The van der Waals surface area contributed by atoms with Crippen molar-refractivity contribution >= 4 is 0 Å². The summed E-state index contributed by atoms with van der Waals surface area (Å²) >= 11 is 0. The zero-order valence-corrected chi connectivity index (χ0v) is 11.5. The molecule has 0 aliphatic carbocycles. The van der Waals surface area contributed by atoms with Crippen LogP contribution in [0.15, 0.2) is 23.3 Å². The van der Waals surface area contributed by atoms with Crippen LogP contribution in [0.4, 0.5) is 0 Å². The van der Waals surface area contributed by atoms with Crippen molar-refractivity contribution in [3.8, 4) is 0 Å². The fraction of sp³-hybridized carbons (Fsp3) is 0.692. The highest BCUT2D eigenvalue weighted by molar-refractivity contribution is 4.95. The lowest BCUT2D eigenvalue weighted by Crippen LogP contribution is -2.26. The van der Waals surface area contributed by atoms with Gasteiger partial charge in [0, 0.05) is 0 Å². The molecule has 18 heavy (non-hydrogen) atoms. The van der Waals surface area contributed by atoms with Crippen molar-refractivity contribution in [1.82, 2.24) is 0 Å². The minimum Gasteiger partial charge on any atom is -0.388 e. The van der Waals surface area contributed by atoms with E-state index < -0.39 is 12.4 Å². The minimum atomic E-state index is -0.859. The van der Waals surface area contributed by atoms with Crippen LogP contribution >= 0.6 is 0 Å². The summed E-state index contributed by atoms with van der Waals surface area (Å²) < 4.78 is 10.4. The summed E-state index contributed by atoms with van der Waals surface area (Å²) in [5.74, 6) is 0.